The molecular weight excluding hydrogens is 323 g/mol. The summed E-state index contributed by atoms with van der Waals surface area (Å²) in [4.78, 5) is 12.0. The van der Waals surface area contributed by atoms with Gasteiger partial charge in [0.15, 0.2) is 0 Å². The molecule has 1 fully saturated rings. The molecule has 0 bridgehead atoms. The number of halogens is 3. The van der Waals surface area contributed by atoms with Crippen LogP contribution in [0.15, 0.2) is 16.6 Å². The Morgan fingerprint density at radius 1 is 1.56 bits per heavy atom. The lowest BCUT2D eigenvalue weighted by molar-refractivity contribution is -0.120. The van der Waals surface area contributed by atoms with E-state index in [-0.39, 0.29) is 16.8 Å². The zero-order valence-electron chi connectivity index (χ0n) is 9.60. The number of piperidine rings is 1. The molecule has 0 spiro atoms. The van der Waals surface area contributed by atoms with Gasteiger partial charge in [-0.1, -0.05) is 11.6 Å². The Morgan fingerprint density at radius 3 is 2.94 bits per heavy atom. The van der Waals surface area contributed by atoms with Crippen LogP contribution in [0.4, 0.5) is 10.1 Å². The minimum absolute atomic E-state index is 0.0632. The molecule has 1 atom stereocenters. The third-order valence-corrected chi connectivity index (χ3v) is 3.85. The Bertz CT molecular complexity index is 440. The fourth-order valence-corrected chi connectivity index (χ4v) is 2.86. The van der Waals surface area contributed by atoms with Crippen molar-refractivity contribution >= 4 is 39.1 Å². The Kier molecular flexibility index (Phi) is 4.59. The molecule has 1 aromatic carbocycles. The zero-order chi connectivity index (χ0) is 13.1. The highest BCUT2D eigenvalue weighted by Gasteiger charge is 2.22. The Hall–Kier alpha value is -0.650. The van der Waals surface area contributed by atoms with Crippen molar-refractivity contribution in [1.82, 2.24) is 5.32 Å². The average molecular weight is 336 g/mol. The van der Waals surface area contributed by atoms with Crippen molar-refractivity contribution in [2.24, 2.45) is 5.92 Å². The van der Waals surface area contributed by atoms with E-state index in [2.05, 4.69) is 26.6 Å². The monoisotopic (exact) mass is 334 g/mol. The van der Waals surface area contributed by atoms with Gasteiger partial charge in [0, 0.05) is 11.0 Å². The summed E-state index contributed by atoms with van der Waals surface area (Å²) < 4.78 is 13.5. The van der Waals surface area contributed by atoms with E-state index in [1.807, 2.05) is 0 Å². The summed E-state index contributed by atoms with van der Waals surface area (Å²) in [6.07, 6.45) is 1.84. The first-order valence-electron chi connectivity index (χ1n) is 5.74. The summed E-state index contributed by atoms with van der Waals surface area (Å²) in [5, 5.41) is 6.12. The van der Waals surface area contributed by atoms with Crippen molar-refractivity contribution in [3.63, 3.8) is 0 Å². The molecule has 6 heteroatoms. The number of hydrogen-bond donors (Lipinski definition) is 2. The SMILES string of the molecule is O=C(Nc1c(Cl)cc(F)cc1Br)C1CCCNC1. The van der Waals surface area contributed by atoms with E-state index in [0.29, 0.717) is 16.7 Å². The number of nitrogens with one attached hydrogen (secondary N) is 2. The van der Waals surface area contributed by atoms with Crippen LogP contribution in [0.2, 0.25) is 5.02 Å². The fraction of sp³-hybridized carbons (Fsp3) is 0.417. The summed E-state index contributed by atoms with van der Waals surface area (Å²) in [5.41, 5.74) is 0.425. The van der Waals surface area contributed by atoms with Gasteiger partial charge in [0.1, 0.15) is 5.82 Å². The number of rotatable bonds is 2. The molecule has 1 saturated heterocycles. The summed E-state index contributed by atoms with van der Waals surface area (Å²) >= 11 is 9.11. The lowest BCUT2D eigenvalue weighted by atomic mass is 9.99. The quantitative estimate of drug-likeness (QED) is 0.871. The van der Waals surface area contributed by atoms with Crippen LogP contribution in [0.3, 0.4) is 0 Å². The molecule has 0 aliphatic carbocycles. The molecule has 2 rings (SSSR count). The van der Waals surface area contributed by atoms with Gasteiger partial charge in [-0.3, -0.25) is 4.79 Å². The van der Waals surface area contributed by atoms with Gasteiger partial charge in [0.2, 0.25) is 5.91 Å². The van der Waals surface area contributed by atoms with Crippen LogP contribution in [-0.4, -0.2) is 19.0 Å². The van der Waals surface area contributed by atoms with Gasteiger partial charge in [0.25, 0.3) is 0 Å². The minimum Gasteiger partial charge on any atom is -0.324 e. The lowest BCUT2D eigenvalue weighted by Gasteiger charge is -2.22. The highest BCUT2D eigenvalue weighted by atomic mass is 79.9. The van der Waals surface area contributed by atoms with E-state index >= 15 is 0 Å². The van der Waals surface area contributed by atoms with Crippen LogP contribution in [0, 0.1) is 11.7 Å². The predicted octanol–water partition coefficient (Wildman–Crippen LogP) is 3.18. The molecular formula is C12H13BrClFN2O. The molecule has 0 saturated carbocycles. The molecule has 18 heavy (non-hydrogen) atoms. The first-order chi connectivity index (χ1) is 8.58. The first kappa shape index (κ1) is 13.8. The van der Waals surface area contributed by atoms with E-state index in [9.17, 15) is 9.18 Å². The zero-order valence-corrected chi connectivity index (χ0v) is 11.9. The van der Waals surface area contributed by atoms with Gasteiger partial charge in [-0.05, 0) is 47.4 Å². The van der Waals surface area contributed by atoms with Crippen LogP contribution >= 0.6 is 27.5 Å². The van der Waals surface area contributed by atoms with E-state index in [4.69, 9.17) is 11.6 Å². The summed E-state index contributed by atoms with van der Waals surface area (Å²) in [6, 6.07) is 2.46. The maximum Gasteiger partial charge on any atom is 0.228 e. The maximum absolute atomic E-state index is 13.1. The molecule has 3 nitrogen and oxygen atoms in total. The van der Waals surface area contributed by atoms with Crippen LogP contribution in [0.5, 0.6) is 0 Å². The van der Waals surface area contributed by atoms with Gasteiger partial charge < -0.3 is 10.6 Å². The molecule has 1 unspecified atom stereocenters. The summed E-state index contributed by atoms with van der Waals surface area (Å²) in [5.74, 6) is -0.590. The largest absolute Gasteiger partial charge is 0.324 e. The highest BCUT2D eigenvalue weighted by molar-refractivity contribution is 9.10. The molecule has 0 radical (unpaired) electrons. The number of benzene rings is 1. The van der Waals surface area contributed by atoms with E-state index < -0.39 is 5.82 Å². The lowest BCUT2D eigenvalue weighted by Crippen LogP contribution is -2.37. The fourth-order valence-electron chi connectivity index (χ4n) is 1.96. The second kappa shape index (κ2) is 5.99. The van der Waals surface area contributed by atoms with Crippen molar-refractivity contribution in [2.45, 2.75) is 12.8 Å². The van der Waals surface area contributed by atoms with Crippen molar-refractivity contribution in [3.05, 3.63) is 27.4 Å². The first-order valence-corrected chi connectivity index (χ1v) is 6.91. The molecule has 0 aromatic heterocycles. The molecule has 1 amide bonds. The molecule has 1 heterocycles. The molecule has 1 aromatic rings. The van der Waals surface area contributed by atoms with Gasteiger partial charge in [0.05, 0.1) is 16.6 Å². The van der Waals surface area contributed by atoms with Crippen molar-refractivity contribution in [2.75, 3.05) is 18.4 Å². The molecule has 1 aliphatic rings. The summed E-state index contributed by atoms with van der Waals surface area (Å²) in [7, 11) is 0. The van der Waals surface area contributed by atoms with Crippen molar-refractivity contribution < 1.29 is 9.18 Å². The van der Waals surface area contributed by atoms with Gasteiger partial charge in [-0.25, -0.2) is 4.39 Å². The topological polar surface area (TPSA) is 41.1 Å². The van der Waals surface area contributed by atoms with Crippen LogP contribution in [0.1, 0.15) is 12.8 Å². The number of carbonyl (C=O) groups is 1. The molecule has 98 valence electrons. The second-order valence-corrected chi connectivity index (χ2v) is 5.54. The van der Waals surface area contributed by atoms with Crippen LogP contribution < -0.4 is 10.6 Å². The van der Waals surface area contributed by atoms with Crippen molar-refractivity contribution in [1.29, 1.82) is 0 Å². The number of carbonyl (C=O) groups excluding carboxylic acids is 1. The number of amides is 1. The maximum atomic E-state index is 13.1. The Morgan fingerprint density at radius 2 is 2.33 bits per heavy atom. The van der Waals surface area contributed by atoms with Crippen LogP contribution in [-0.2, 0) is 4.79 Å². The third kappa shape index (κ3) is 3.22. The normalized spacial score (nSPS) is 19.6. The van der Waals surface area contributed by atoms with Gasteiger partial charge in [-0.2, -0.15) is 0 Å². The molecule has 2 N–H and O–H groups in total. The van der Waals surface area contributed by atoms with Crippen molar-refractivity contribution in [3.8, 4) is 0 Å². The third-order valence-electron chi connectivity index (χ3n) is 2.92. The summed E-state index contributed by atoms with van der Waals surface area (Å²) in [6.45, 7) is 1.62. The van der Waals surface area contributed by atoms with Gasteiger partial charge >= 0.3 is 0 Å². The predicted molar refractivity (Wildman–Crippen MR) is 73.3 cm³/mol. The standard InChI is InChI=1S/C12H13BrClFN2O/c13-9-4-8(15)5-10(14)11(9)17-12(18)7-2-1-3-16-6-7/h4-5,7,16H,1-3,6H2,(H,17,18). The minimum atomic E-state index is -0.441. The Balaban J connectivity index is 2.11. The Labute approximate surface area is 118 Å². The van der Waals surface area contributed by atoms with E-state index in [0.717, 1.165) is 19.4 Å². The smallest absolute Gasteiger partial charge is 0.228 e. The second-order valence-electron chi connectivity index (χ2n) is 4.28. The van der Waals surface area contributed by atoms with Gasteiger partial charge in [-0.15, -0.1) is 0 Å². The van der Waals surface area contributed by atoms with E-state index in [1.54, 1.807) is 0 Å². The number of anilines is 1. The van der Waals surface area contributed by atoms with Crippen LogP contribution in [0.25, 0.3) is 0 Å². The number of hydrogen-bond acceptors (Lipinski definition) is 2. The van der Waals surface area contributed by atoms with E-state index in [1.165, 1.54) is 12.1 Å². The average Bonchev–Trinajstić information content (AvgIpc) is 2.34. The molecule has 1 aliphatic heterocycles. The highest BCUT2D eigenvalue weighted by Crippen LogP contribution is 2.32.